The fourth-order valence-electron chi connectivity index (χ4n) is 11.0. The number of allylic oxidation sites excluding steroid dienone is 1. The number of hydrogen-bond acceptors (Lipinski definition) is 13. The number of aliphatic hydroxyl groups excluding tert-OH is 8. The van der Waals surface area contributed by atoms with Crippen LogP contribution in [0.25, 0.3) is 0 Å². The van der Waals surface area contributed by atoms with E-state index in [-0.39, 0.29) is 18.9 Å². The maximum atomic E-state index is 13.3. The highest BCUT2D eigenvalue weighted by atomic mass is 16.7. The van der Waals surface area contributed by atoms with Crippen LogP contribution in [0.2, 0.25) is 0 Å². The SMILES string of the molecule is CCCCCCCCCCCCCCCCCCCCCCCCCCC/C=C/C(O)C(COC1OC(CO)C(OC2OC(CO)C(O)C(O)C2O)C(O)C1O)NC(=O)CCCCCCCCCCCCCCCCCC. The van der Waals surface area contributed by atoms with Crippen LogP contribution in [-0.2, 0) is 23.7 Å². The lowest BCUT2D eigenvalue weighted by Gasteiger charge is -2.46. The second-order valence-corrected chi connectivity index (χ2v) is 23.3. The normalized spacial score (nSPS) is 24.7. The minimum absolute atomic E-state index is 0.233. The molecule has 0 aromatic carbocycles. The number of unbranched alkanes of at least 4 members (excludes halogenated alkanes) is 40. The van der Waals surface area contributed by atoms with Crippen LogP contribution in [0.3, 0.4) is 0 Å². The molecule has 14 heteroatoms. The van der Waals surface area contributed by atoms with Gasteiger partial charge < -0.3 is 65.1 Å². The molecule has 12 unspecified atom stereocenters. The standard InChI is InChI=1S/C63H121NO13/c1-3-5-7-9-11-13-15-17-19-21-22-23-24-25-26-27-28-29-30-31-32-34-36-38-40-42-44-46-52(67)51(64-55(68)47-45-43-41-39-37-35-33-20-18-16-14-12-10-8-6-4-2)50-74-62-60(73)58(71)61(54(49-66)76-62)77-63-59(72)57(70)56(69)53(48-65)75-63/h44,46,51-54,56-63,65-67,69-73H,3-43,45,47-50H2,1-2H3,(H,64,68)/b46-44+. The third-order valence-corrected chi connectivity index (χ3v) is 16.2. The van der Waals surface area contributed by atoms with Crippen molar-refractivity contribution >= 4 is 5.91 Å². The Labute approximate surface area is 469 Å². The van der Waals surface area contributed by atoms with Crippen molar-refractivity contribution in [3.05, 3.63) is 12.2 Å². The van der Waals surface area contributed by atoms with Gasteiger partial charge in [-0.2, -0.15) is 0 Å². The number of amides is 1. The lowest BCUT2D eigenvalue weighted by atomic mass is 9.97. The lowest BCUT2D eigenvalue weighted by Crippen LogP contribution is -2.65. The zero-order chi connectivity index (χ0) is 56.0. The molecular weight excluding hydrogens is 979 g/mol. The predicted octanol–water partition coefficient (Wildman–Crippen LogP) is 11.8. The predicted molar refractivity (Wildman–Crippen MR) is 309 cm³/mol. The number of nitrogens with one attached hydrogen (secondary N) is 1. The Morgan fingerprint density at radius 3 is 1.19 bits per heavy atom. The van der Waals surface area contributed by atoms with Crippen LogP contribution < -0.4 is 5.32 Å². The van der Waals surface area contributed by atoms with Gasteiger partial charge in [0.25, 0.3) is 0 Å². The molecule has 2 aliphatic heterocycles. The Kier molecular flexibility index (Phi) is 46.0. The number of carbonyl (C=O) groups excluding carboxylic acids is 1. The summed E-state index contributed by atoms with van der Waals surface area (Å²) in [7, 11) is 0. The minimum Gasteiger partial charge on any atom is -0.394 e. The molecule has 9 N–H and O–H groups in total. The zero-order valence-corrected chi connectivity index (χ0v) is 49.2. The van der Waals surface area contributed by atoms with Gasteiger partial charge in [-0.1, -0.05) is 276 Å². The van der Waals surface area contributed by atoms with Crippen molar-refractivity contribution in [3.63, 3.8) is 0 Å². The topological polar surface area (TPSA) is 228 Å². The monoisotopic (exact) mass is 1100 g/mol. The molecule has 2 saturated heterocycles. The van der Waals surface area contributed by atoms with Gasteiger partial charge >= 0.3 is 0 Å². The van der Waals surface area contributed by atoms with E-state index >= 15 is 0 Å². The summed E-state index contributed by atoms with van der Waals surface area (Å²) in [5, 5.41) is 87.2. The quantitative estimate of drug-likeness (QED) is 0.0204. The van der Waals surface area contributed by atoms with Crippen molar-refractivity contribution in [1.82, 2.24) is 5.32 Å². The molecule has 0 saturated carbocycles. The molecule has 0 radical (unpaired) electrons. The molecule has 2 aliphatic rings. The van der Waals surface area contributed by atoms with Gasteiger partial charge in [-0.05, 0) is 19.3 Å². The molecule has 0 aliphatic carbocycles. The van der Waals surface area contributed by atoms with Crippen LogP contribution in [0.15, 0.2) is 12.2 Å². The fourth-order valence-corrected chi connectivity index (χ4v) is 11.0. The van der Waals surface area contributed by atoms with Crippen LogP contribution >= 0.6 is 0 Å². The highest BCUT2D eigenvalue weighted by Crippen LogP contribution is 2.30. The smallest absolute Gasteiger partial charge is 0.220 e. The van der Waals surface area contributed by atoms with Gasteiger partial charge in [0.05, 0.1) is 32.0 Å². The van der Waals surface area contributed by atoms with E-state index in [1.54, 1.807) is 6.08 Å². The third-order valence-electron chi connectivity index (χ3n) is 16.2. The minimum atomic E-state index is -1.79. The average Bonchev–Trinajstić information content (AvgIpc) is 3.43. The first-order chi connectivity index (χ1) is 37.6. The van der Waals surface area contributed by atoms with E-state index in [9.17, 15) is 45.6 Å². The second kappa shape index (κ2) is 49.3. The van der Waals surface area contributed by atoms with E-state index in [0.717, 1.165) is 38.5 Å². The molecule has 2 heterocycles. The molecule has 77 heavy (non-hydrogen) atoms. The van der Waals surface area contributed by atoms with E-state index in [2.05, 4.69) is 19.2 Å². The summed E-state index contributed by atoms with van der Waals surface area (Å²) < 4.78 is 22.8. The highest BCUT2D eigenvalue weighted by molar-refractivity contribution is 5.76. The fraction of sp³-hybridized carbons (Fsp3) is 0.952. The van der Waals surface area contributed by atoms with Crippen molar-refractivity contribution in [2.75, 3.05) is 19.8 Å². The molecule has 0 spiro atoms. The van der Waals surface area contributed by atoms with Gasteiger partial charge in [0.15, 0.2) is 12.6 Å². The number of aliphatic hydroxyl groups is 8. The Bertz CT molecular complexity index is 1340. The maximum absolute atomic E-state index is 13.3. The van der Waals surface area contributed by atoms with Crippen molar-refractivity contribution in [3.8, 4) is 0 Å². The van der Waals surface area contributed by atoms with Crippen molar-refractivity contribution in [2.24, 2.45) is 0 Å². The average molecular weight is 1100 g/mol. The van der Waals surface area contributed by atoms with E-state index in [0.29, 0.717) is 6.42 Å². The molecule has 14 nitrogen and oxygen atoms in total. The van der Waals surface area contributed by atoms with Crippen molar-refractivity contribution in [2.45, 2.75) is 364 Å². The van der Waals surface area contributed by atoms with Crippen LogP contribution in [0.5, 0.6) is 0 Å². The van der Waals surface area contributed by atoms with Crippen LogP contribution in [-0.4, -0.2) is 140 Å². The van der Waals surface area contributed by atoms with E-state index in [1.165, 1.54) is 225 Å². The molecule has 0 aromatic heterocycles. The van der Waals surface area contributed by atoms with Gasteiger partial charge in [-0.25, -0.2) is 0 Å². The summed E-state index contributed by atoms with van der Waals surface area (Å²) in [6, 6.07) is -0.910. The van der Waals surface area contributed by atoms with E-state index in [4.69, 9.17) is 18.9 Å². The van der Waals surface area contributed by atoms with Crippen molar-refractivity contribution in [1.29, 1.82) is 0 Å². The van der Waals surface area contributed by atoms with E-state index < -0.39 is 86.8 Å². The lowest BCUT2D eigenvalue weighted by molar-refractivity contribution is -0.359. The molecule has 2 rings (SSSR count). The summed E-state index contributed by atoms with van der Waals surface area (Å²) in [5.74, 6) is -0.233. The highest BCUT2D eigenvalue weighted by Gasteiger charge is 2.51. The molecule has 1 amide bonds. The van der Waals surface area contributed by atoms with Gasteiger partial charge in [0, 0.05) is 6.42 Å². The molecule has 12 atom stereocenters. The van der Waals surface area contributed by atoms with Gasteiger partial charge in [-0.15, -0.1) is 0 Å². The summed E-state index contributed by atoms with van der Waals surface area (Å²) >= 11 is 0. The number of ether oxygens (including phenoxy) is 4. The molecule has 0 bridgehead atoms. The Morgan fingerprint density at radius 1 is 0.455 bits per heavy atom. The Morgan fingerprint density at radius 2 is 0.805 bits per heavy atom. The number of hydrogen-bond donors (Lipinski definition) is 9. The zero-order valence-electron chi connectivity index (χ0n) is 49.2. The molecule has 2 fully saturated rings. The molecule has 456 valence electrons. The summed E-state index contributed by atoms with van der Waals surface area (Å²) in [5.41, 5.74) is 0. The Balaban J connectivity index is 1.70. The summed E-state index contributed by atoms with van der Waals surface area (Å²) in [4.78, 5) is 13.3. The Hall–Kier alpha value is -1.27. The van der Waals surface area contributed by atoms with Gasteiger partial charge in [0.2, 0.25) is 5.91 Å². The van der Waals surface area contributed by atoms with E-state index in [1.807, 2.05) is 6.08 Å². The number of rotatable bonds is 53. The first kappa shape index (κ1) is 71.8. The van der Waals surface area contributed by atoms with Crippen LogP contribution in [0, 0.1) is 0 Å². The third kappa shape index (κ3) is 34.7. The first-order valence-corrected chi connectivity index (χ1v) is 32.4. The van der Waals surface area contributed by atoms with Crippen molar-refractivity contribution < 1.29 is 64.6 Å². The summed E-state index contributed by atoms with van der Waals surface area (Å²) in [6.45, 7) is 2.84. The van der Waals surface area contributed by atoms with Gasteiger partial charge in [-0.3, -0.25) is 4.79 Å². The maximum Gasteiger partial charge on any atom is 0.220 e. The van der Waals surface area contributed by atoms with Gasteiger partial charge in [0.1, 0.15) is 48.8 Å². The molecular formula is C63H121NO13. The number of carbonyl (C=O) groups is 1. The first-order valence-electron chi connectivity index (χ1n) is 32.4. The summed E-state index contributed by atoms with van der Waals surface area (Å²) in [6.07, 6.45) is 41.2. The van der Waals surface area contributed by atoms with Crippen LogP contribution in [0.4, 0.5) is 0 Å². The second-order valence-electron chi connectivity index (χ2n) is 23.3. The molecule has 0 aromatic rings. The van der Waals surface area contributed by atoms with Crippen LogP contribution in [0.1, 0.15) is 290 Å². The largest absolute Gasteiger partial charge is 0.394 e.